The molecule has 0 aromatic heterocycles. The van der Waals surface area contributed by atoms with E-state index >= 15 is 0 Å². The Morgan fingerprint density at radius 3 is 2.62 bits per heavy atom. The van der Waals surface area contributed by atoms with Crippen LogP contribution in [0.4, 0.5) is 0 Å². The highest BCUT2D eigenvalue weighted by Gasteiger charge is 2.17. The molecule has 0 bridgehead atoms. The quantitative estimate of drug-likeness (QED) is 0.714. The molecule has 1 aromatic carbocycles. The fourth-order valence-electron chi connectivity index (χ4n) is 1.72. The first-order chi connectivity index (χ1) is 7.81. The Bertz CT molecular complexity index is 457. The van der Waals surface area contributed by atoms with Crippen LogP contribution in [-0.4, -0.2) is 23.9 Å². The summed E-state index contributed by atoms with van der Waals surface area (Å²) in [5.41, 5.74) is 1.48. The number of benzene rings is 1. The average molecular weight is 212 g/mol. The van der Waals surface area contributed by atoms with Gasteiger partial charge >= 0.3 is 0 Å². The number of rotatable bonds is 1. The summed E-state index contributed by atoms with van der Waals surface area (Å²) in [6.45, 7) is 1.17. The Kier molecular flexibility index (Phi) is 3.02. The van der Waals surface area contributed by atoms with E-state index < -0.39 is 0 Å². The number of carbonyl (C=O) groups excluding carboxylic acids is 1. The number of hydrogen-bond acceptors (Lipinski definition) is 2. The molecule has 1 heterocycles. The molecule has 1 aliphatic rings. The van der Waals surface area contributed by atoms with E-state index in [9.17, 15) is 4.79 Å². The van der Waals surface area contributed by atoms with Crippen LogP contribution in [0.5, 0.6) is 0 Å². The molecule has 0 aliphatic carbocycles. The molecule has 0 N–H and O–H groups in total. The van der Waals surface area contributed by atoms with E-state index in [0.717, 1.165) is 5.57 Å². The summed E-state index contributed by atoms with van der Waals surface area (Å²) in [6.07, 6.45) is 2.49. The highest BCUT2D eigenvalue weighted by Crippen LogP contribution is 2.12. The predicted molar refractivity (Wildman–Crippen MR) is 60.7 cm³/mol. The first-order valence-corrected chi connectivity index (χ1v) is 5.24. The zero-order valence-electron chi connectivity index (χ0n) is 8.89. The summed E-state index contributed by atoms with van der Waals surface area (Å²) in [5.74, 6) is 0.0360. The Morgan fingerprint density at radius 2 is 2.06 bits per heavy atom. The minimum Gasteiger partial charge on any atom is -0.335 e. The third-order valence-corrected chi connectivity index (χ3v) is 2.66. The summed E-state index contributed by atoms with van der Waals surface area (Å²) in [6, 6.07) is 11.3. The van der Waals surface area contributed by atoms with E-state index in [4.69, 9.17) is 5.26 Å². The van der Waals surface area contributed by atoms with Gasteiger partial charge in [0, 0.05) is 24.2 Å². The van der Waals surface area contributed by atoms with E-state index in [2.05, 4.69) is 6.07 Å². The van der Waals surface area contributed by atoms with Gasteiger partial charge in [0.1, 0.15) is 0 Å². The normalized spacial score (nSPS) is 15.2. The molecule has 3 nitrogen and oxygen atoms in total. The first kappa shape index (κ1) is 10.4. The molecule has 0 saturated heterocycles. The van der Waals surface area contributed by atoms with Gasteiger partial charge in [-0.1, -0.05) is 24.3 Å². The van der Waals surface area contributed by atoms with Crippen LogP contribution in [0.3, 0.4) is 0 Å². The largest absolute Gasteiger partial charge is 0.335 e. The van der Waals surface area contributed by atoms with Crippen molar-refractivity contribution in [2.75, 3.05) is 13.1 Å². The number of amides is 1. The van der Waals surface area contributed by atoms with Crippen LogP contribution in [0.1, 0.15) is 16.8 Å². The lowest BCUT2D eigenvalue weighted by atomic mass is 10.1. The summed E-state index contributed by atoms with van der Waals surface area (Å²) in [4.78, 5) is 13.8. The number of nitriles is 1. The molecule has 2 rings (SSSR count). The molecule has 0 unspecified atom stereocenters. The van der Waals surface area contributed by atoms with Gasteiger partial charge < -0.3 is 4.90 Å². The topological polar surface area (TPSA) is 44.1 Å². The molecule has 0 saturated carbocycles. The third kappa shape index (κ3) is 2.12. The van der Waals surface area contributed by atoms with Crippen LogP contribution in [0.2, 0.25) is 0 Å². The second kappa shape index (κ2) is 4.63. The van der Waals surface area contributed by atoms with Crippen LogP contribution >= 0.6 is 0 Å². The third-order valence-electron chi connectivity index (χ3n) is 2.66. The van der Waals surface area contributed by atoms with Gasteiger partial charge in [-0.3, -0.25) is 4.79 Å². The van der Waals surface area contributed by atoms with Gasteiger partial charge in [0.05, 0.1) is 6.07 Å². The Labute approximate surface area is 94.6 Å². The van der Waals surface area contributed by atoms with E-state index in [1.807, 2.05) is 36.4 Å². The van der Waals surface area contributed by atoms with Gasteiger partial charge in [0.2, 0.25) is 0 Å². The molecule has 80 valence electrons. The van der Waals surface area contributed by atoms with Crippen molar-refractivity contribution in [3.05, 3.63) is 47.5 Å². The van der Waals surface area contributed by atoms with Crippen molar-refractivity contribution < 1.29 is 4.79 Å². The van der Waals surface area contributed by atoms with E-state index in [-0.39, 0.29) is 5.91 Å². The van der Waals surface area contributed by atoms with E-state index in [1.54, 1.807) is 4.90 Å². The maximum absolute atomic E-state index is 12.0. The molecule has 3 heteroatoms. The van der Waals surface area contributed by atoms with E-state index in [1.165, 1.54) is 0 Å². The molecular formula is C13H12N2O. The second-order valence-electron chi connectivity index (χ2n) is 3.71. The Morgan fingerprint density at radius 1 is 1.31 bits per heavy atom. The van der Waals surface area contributed by atoms with Gasteiger partial charge in [0.15, 0.2) is 0 Å². The summed E-state index contributed by atoms with van der Waals surface area (Å²) in [5, 5.41) is 8.71. The monoisotopic (exact) mass is 212 g/mol. The molecule has 0 radical (unpaired) electrons. The van der Waals surface area contributed by atoms with Gasteiger partial charge in [-0.05, 0) is 18.6 Å². The standard InChI is InChI=1S/C13H12N2O/c14-10-11-6-8-15(9-7-11)13(16)12-4-2-1-3-5-12/h1-6H,7-9H2. The first-order valence-electron chi connectivity index (χ1n) is 5.24. The van der Waals surface area contributed by atoms with Gasteiger partial charge in [-0.25, -0.2) is 0 Å². The van der Waals surface area contributed by atoms with Crippen LogP contribution in [0, 0.1) is 11.3 Å². The van der Waals surface area contributed by atoms with Gasteiger partial charge in [-0.15, -0.1) is 0 Å². The van der Waals surface area contributed by atoms with Crippen LogP contribution in [0.25, 0.3) is 0 Å². The number of hydrogen-bond donors (Lipinski definition) is 0. The predicted octanol–water partition coefficient (Wildman–Crippen LogP) is 1.98. The average Bonchev–Trinajstić information content (AvgIpc) is 2.39. The highest BCUT2D eigenvalue weighted by atomic mass is 16.2. The van der Waals surface area contributed by atoms with Crippen molar-refractivity contribution in [1.82, 2.24) is 4.90 Å². The molecule has 1 amide bonds. The van der Waals surface area contributed by atoms with Crippen molar-refractivity contribution in [2.24, 2.45) is 0 Å². The van der Waals surface area contributed by atoms with Crippen molar-refractivity contribution >= 4 is 5.91 Å². The molecule has 1 aliphatic heterocycles. The number of carbonyl (C=O) groups is 1. The molecule has 0 spiro atoms. The summed E-state index contributed by atoms with van der Waals surface area (Å²) >= 11 is 0. The lowest BCUT2D eigenvalue weighted by Crippen LogP contribution is -2.34. The van der Waals surface area contributed by atoms with Crippen molar-refractivity contribution in [1.29, 1.82) is 5.26 Å². The zero-order valence-corrected chi connectivity index (χ0v) is 8.89. The molecule has 0 atom stereocenters. The lowest BCUT2D eigenvalue weighted by molar-refractivity contribution is 0.0769. The van der Waals surface area contributed by atoms with Crippen molar-refractivity contribution in [3.63, 3.8) is 0 Å². The maximum Gasteiger partial charge on any atom is 0.254 e. The van der Waals surface area contributed by atoms with E-state index in [0.29, 0.717) is 25.1 Å². The Hall–Kier alpha value is -2.08. The molecular weight excluding hydrogens is 200 g/mol. The fraction of sp³-hybridized carbons (Fsp3) is 0.231. The van der Waals surface area contributed by atoms with Crippen LogP contribution < -0.4 is 0 Å². The SMILES string of the molecule is N#CC1=CCN(C(=O)c2ccccc2)CC1. The summed E-state index contributed by atoms with van der Waals surface area (Å²) < 4.78 is 0. The minimum absolute atomic E-state index is 0.0360. The smallest absolute Gasteiger partial charge is 0.254 e. The van der Waals surface area contributed by atoms with Crippen molar-refractivity contribution in [3.8, 4) is 6.07 Å². The maximum atomic E-state index is 12.0. The fourth-order valence-corrected chi connectivity index (χ4v) is 1.72. The van der Waals surface area contributed by atoms with Crippen LogP contribution in [-0.2, 0) is 0 Å². The number of nitrogens with zero attached hydrogens (tertiary/aromatic N) is 2. The molecule has 1 aromatic rings. The highest BCUT2D eigenvalue weighted by molar-refractivity contribution is 5.94. The minimum atomic E-state index is 0.0360. The molecule has 16 heavy (non-hydrogen) atoms. The Balaban J connectivity index is 2.09. The lowest BCUT2D eigenvalue weighted by Gasteiger charge is -2.24. The van der Waals surface area contributed by atoms with Gasteiger partial charge in [0.25, 0.3) is 5.91 Å². The van der Waals surface area contributed by atoms with Crippen LogP contribution in [0.15, 0.2) is 42.0 Å². The van der Waals surface area contributed by atoms with Gasteiger partial charge in [-0.2, -0.15) is 5.26 Å². The second-order valence-corrected chi connectivity index (χ2v) is 3.71. The zero-order chi connectivity index (χ0) is 11.4. The van der Waals surface area contributed by atoms with Crippen molar-refractivity contribution in [2.45, 2.75) is 6.42 Å². The summed E-state index contributed by atoms with van der Waals surface area (Å²) in [7, 11) is 0. The molecule has 0 fully saturated rings.